The van der Waals surface area contributed by atoms with E-state index in [4.69, 9.17) is 0 Å². The van der Waals surface area contributed by atoms with E-state index in [-0.39, 0.29) is 11.4 Å². The Labute approximate surface area is 109 Å². The number of thioether (sulfide) groups is 1. The molecule has 0 aliphatic carbocycles. The second-order valence-corrected chi connectivity index (χ2v) is 6.20. The minimum Gasteiger partial charge on any atom is -0.392 e. The standard InChI is InChI=1S/C12H17BrO2S/c1-7(14)9(3)16-12-5-4-10(8(2)15)6-11(12)13/h4-9,14-15H,1-3H3. The number of aliphatic hydroxyl groups excluding tert-OH is 2. The van der Waals surface area contributed by atoms with Gasteiger partial charge in [0.15, 0.2) is 0 Å². The van der Waals surface area contributed by atoms with E-state index in [2.05, 4.69) is 15.9 Å². The molecule has 3 atom stereocenters. The number of hydrogen-bond acceptors (Lipinski definition) is 3. The van der Waals surface area contributed by atoms with Crippen LogP contribution >= 0.6 is 27.7 Å². The topological polar surface area (TPSA) is 40.5 Å². The number of benzene rings is 1. The van der Waals surface area contributed by atoms with Crippen LogP contribution in [-0.2, 0) is 0 Å². The van der Waals surface area contributed by atoms with Crippen LogP contribution in [0.4, 0.5) is 0 Å². The summed E-state index contributed by atoms with van der Waals surface area (Å²) in [6, 6.07) is 5.80. The summed E-state index contributed by atoms with van der Waals surface area (Å²) in [5, 5.41) is 19.0. The van der Waals surface area contributed by atoms with Crippen LogP contribution in [0.3, 0.4) is 0 Å². The summed E-state index contributed by atoms with van der Waals surface area (Å²) in [5.41, 5.74) is 0.890. The molecule has 0 saturated carbocycles. The highest BCUT2D eigenvalue weighted by molar-refractivity contribution is 9.10. The summed E-state index contributed by atoms with van der Waals surface area (Å²) >= 11 is 5.10. The van der Waals surface area contributed by atoms with Gasteiger partial charge >= 0.3 is 0 Å². The molecule has 0 aromatic heterocycles. The van der Waals surface area contributed by atoms with Crippen LogP contribution in [0.5, 0.6) is 0 Å². The first-order chi connectivity index (χ1) is 7.41. The normalized spacial score (nSPS) is 16.9. The number of halogens is 1. The third-order valence-corrected chi connectivity index (χ3v) is 4.72. The van der Waals surface area contributed by atoms with E-state index in [1.54, 1.807) is 25.6 Å². The maximum Gasteiger partial charge on any atom is 0.0762 e. The zero-order valence-corrected chi connectivity index (χ0v) is 12.0. The van der Waals surface area contributed by atoms with Crippen LogP contribution < -0.4 is 0 Å². The first kappa shape index (κ1) is 14.0. The molecule has 1 rings (SSSR count). The highest BCUT2D eigenvalue weighted by atomic mass is 79.9. The SMILES string of the molecule is CC(O)c1ccc(SC(C)C(C)O)c(Br)c1. The highest BCUT2D eigenvalue weighted by Crippen LogP contribution is 2.33. The summed E-state index contributed by atoms with van der Waals surface area (Å²) in [6.07, 6.45) is -0.794. The molecule has 4 heteroatoms. The lowest BCUT2D eigenvalue weighted by Gasteiger charge is -2.16. The molecule has 0 amide bonds. The summed E-state index contributed by atoms with van der Waals surface area (Å²) in [6.45, 7) is 5.52. The van der Waals surface area contributed by atoms with E-state index < -0.39 is 6.10 Å². The van der Waals surface area contributed by atoms with Crippen LogP contribution in [0.2, 0.25) is 0 Å². The lowest BCUT2D eigenvalue weighted by Crippen LogP contribution is -2.14. The number of rotatable bonds is 4. The quantitative estimate of drug-likeness (QED) is 0.838. The lowest BCUT2D eigenvalue weighted by atomic mass is 10.1. The van der Waals surface area contributed by atoms with Gasteiger partial charge in [-0.2, -0.15) is 0 Å². The van der Waals surface area contributed by atoms with Gasteiger partial charge in [0, 0.05) is 14.6 Å². The first-order valence-corrected chi connectivity index (χ1v) is 6.91. The van der Waals surface area contributed by atoms with E-state index in [0.717, 1.165) is 14.9 Å². The Balaban J connectivity index is 2.83. The molecule has 1 aromatic carbocycles. The van der Waals surface area contributed by atoms with Crippen molar-refractivity contribution in [3.63, 3.8) is 0 Å². The molecule has 90 valence electrons. The van der Waals surface area contributed by atoms with Crippen molar-refractivity contribution < 1.29 is 10.2 Å². The Morgan fingerprint density at radius 2 is 1.81 bits per heavy atom. The fourth-order valence-corrected chi connectivity index (χ4v) is 2.76. The predicted molar refractivity (Wildman–Crippen MR) is 71.8 cm³/mol. The molecule has 0 radical (unpaired) electrons. The molecule has 2 N–H and O–H groups in total. The lowest BCUT2D eigenvalue weighted by molar-refractivity contribution is 0.196. The largest absolute Gasteiger partial charge is 0.392 e. The van der Waals surface area contributed by atoms with Gasteiger partial charge in [-0.25, -0.2) is 0 Å². The molecule has 0 bridgehead atoms. The van der Waals surface area contributed by atoms with Crippen LogP contribution in [0.25, 0.3) is 0 Å². The summed E-state index contributed by atoms with van der Waals surface area (Å²) < 4.78 is 0.961. The van der Waals surface area contributed by atoms with Gasteiger partial charge in [-0.1, -0.05) is 13.0 Å². The molecule has 0 aliphatic rings. The molecule has 0 heterocycles. The van der Waals surface area contributed by atoms with E-state index in [9.17, 15) is 10.2 Å². The van der Waals surface area contributed by atoms with Gasteiger partial charge < -0.3 is 10.2 Å². The van der Waals surface area contributed by atoms with Crippen molar-refractivity contribution in [3.8, 4) is 0 Å². The van der Waals surface area contributed by atoms with Crippen molar-refractivity contribution >= 4 is 27.7 Å². The second kappa shape index (κ2) is 6.05. The van der Waals surface area contributed by atoms with Crippen molar-refractivity contribution in [2.45, 2.75) is 43.1 Å². The van der Waals surface area contributed by atoms with Crippen molar-refractivity contribution in [1.29, 1.82) is 0 Å². The van der Waals surface area contributed by atoms with E-state index in [1.165, 1.54) is 0 Å². The van der Waals surface area contributed by atoms with Crippen molar-refractivity contribution in [2.75, 3.05) is 0 Å². The third kappa shape index (κ3) is 3.77. The van der Waals surface area contributed by atoms with Crippen LogP contribution in [0.1, 0.15) is 32.4 Å². The molecular weight excluding hydrogens is 288 g/mol. The monoisotopic (exact) mass is 304 g/mol. The van der Waals surface area contributed by atoms with Gasteiger partial charge in [0.25, 0.3) is 0 Å². The Morgan fingerprint density at radius 1 is 1.19 bits per heavy atom. The number of hydrogen-bond donors (Lipinski definition) is 2. The zero-order chi connectivity index (χ0) is 12.3. The highest BCUT2D eigenvalue weighted by Gasteiger charge is 2.13. The number of aliphatic hydroxyl groups is 2. The van der Waals surface area contributed by atoms with E-state index >= 15 is 0 Å². The molecule has 0 spiro atoms. The van der Waals surface area contributed by atoms with Crippen molar-refractivity contribution in [2.24, 2.45) is 0 Å². The maximum absolute atomic E-state index is 9.44. The average Bonchev–Trinajstić information content (AvgIpc) is 2.20. The Kier molecular flexibility index (Phi) is 5.31. The van der Waals surface area contributed by atoms with Crippen LogP contribution in [0, 0.1) is 0 Å². The first-order valence-electron chi connectivity index (χ1n) is 5.24. The van der Waals surface area contributed by atoms with Gasteiger partial charge in [-0.15, -0.1) is 11.8 Å². The Morgan fingerprint density at radius 3 is 2.25 bits per heavy atom. The predicted octanol–water partition coefficient (Wildman–Crippen LogP) is 3.36. The van der Waals surface area contributed by atoms with Gasteiger partial charge in [0.1, 0.15) is 0 Å². The van der Waals surface area contributed by atoms with Gasteiger partial charge in [0.2, 0.25) is 0 Å². The Bertz CT molecular complexity index is 353. The fourth-order valence-electron chi connectivity index (χ4n) is 1.17. The maximum atomic E-state index is 9.44. The van der Waals surface area contributed by atoms with Gasteiger partial charge in [0.05, 0.1) is 12.2 Å². The van der Waals surface area contributed by atoms with Crippen LogP contribution in [0.15, 0.2) is 27.6 Å². The van der Waals surface area contributed by atoms with Crippen LogP contribution in [-0.4, -0.2) is 21.6 Å². The van der Waals surface area contributed by atoms with Gasteiger partial charge in [-0.05, 0) is 47.5 Å². The molecular formula is C12H17BrO2S. The third-order valence-electron chi connectivity index (χ3n) is 2.43. The molecule has 3 unspecified atom stereocenters. The minimum atomic E-state index is -0.454. The second-order valence-electron chi connectivity index (χ2n) is 3.93. The molecule has 0 fully saturated rings. The van der Waals surface area contributed by atoms with E-state index in [0.29, 0.717) is 0 Å². The summed E-state index contributed by atoms with van der Waals surface area (Å²) in [5.74, 6) is 0. The van der Waals surface area contributed by atoms with E-state index in [1.807, 2.05) is 25.1 Å². The molecule has 0 saturated heterocycles. The fraction of sp³-hybridized carbons (Fsp3) is 0.500. The van der Waals surface area contributed by atoms with Gasteiger partial charge in [-0.3, -0.25) is 0 Å². The van der Waals surface area contributed by atoms with Crippen molar-refractivity contribution in [1.82, 2.24) is 0 Å². The zero-order valence-electron chi connectivity index (χ0n) is 9.64. The summed E-state index contributed by atoms with van der Waals surface area (Å²) in [7, 11) is 0. The molecule has 16 heavy (non-hydrogen) atoms. The molecule has 0 aliphatic heterocycles. The smallest absolute Gasteiger partial charge is 0.0762 e. The Hall–Kier alpha value is -0.0300. The molecule has 2 nitrogen and oxygen atoms in total. The average molecular weight is 305 g/mol. The van der Waals surface area contributed by atoms with Crippen molar-refractivity contribution in [3.05, 3.63) is 28.2 Å². The summed E-state index contributed by atoms with van der Waals surface area (Å²) in [4.78, 5) is 1.08. The molecule has 1 aromatic rings. The minimum absolute atomic E-state index is 0.147.